The largest absolute Gasteiger partial charge is 0.417 e. The van der Waals surface area contributed by atoms with Gasteiger partial charge in [-0.1, -0.05) is 6.07 Å². The SMILES string of the molecule is CC1(C)C(=O)N(c2ccc(C#N)c(C(F)(F)F)c2)C(=S)N1Cc1cccnc1. The third-order valence-corrected chi connectivity index (χ3v) is 4.98. The van der Waals surface area contributed by atoms with E-state index in [4.69, 9.17) is 17.5 Å². The number of hydrogen-bond acceptors (Lipinski definition) is 4. The minimum atomic E-state index is -4.73. The zero-order chi connectivity index (χ0) is 20.7. The molecule has 0 spiro atoms. The summed E-state index contributed by atoms with van der Waals surface area (Å²) in [5.41, 5.74) is -1.89. The number of rotatable bonds is 3. The molecule has 0 N–H and O–H groups in total. The van der Waals surface area contributed by atoms with E-state index in [2.05, 4.69) is 4.98 Å². The van der Waals surface area contributed by atoms with Crippen molar-refractivity contribution in [2.45, 2.75) is 32.1 Å². The maximum Gasteiger partial charge on any atom is 0.417 e. The van der Waals surface area contributed by atoms with E-state index in [0.717, 1.165) is 22.6 Å². The number of nitrogens with zero attached hydrogens (tertiary/aromatic N) is 4. The van der Waals surface area contributed by atoms with Crippen molar-refractivity contribution in [3.8, 4) is 6.07 Å². The topological polar surface area (TPSA) is 60.2 Å². The summed E-state index contributed by atoms with van der Waals surface area (Å²) >= 11 is 5.43. The maximum atomic E-state index is 13.3. The Bertz CT molecular complexity index is 983. The lowest BCUT2D eigenvalue weighted by atomic mass is 10.0. The molecule has 9 heteroatoms. The van der Waals surface area contributed by atoms with Gasteiger partial charge in [-0.05, 0) is 55.9 Å². The van der Waals surface area contributed by atoms with E-state index >= 15 is 0 Å². The second-order valence-electron chi connectivity index (χ2n) is 6.77. The molecular weight excluding hydrogens is 389 g/mol. The molecule has 1 aromatic heterocycles. The zero-order valence-corrected chi connectivity index (χ0v) is 15.8. The first kappa shape index (κ1) is 19.8. The molecule has 1 aliphatic heterocycles. The number of aromatic nitrogens is 1. The molecule has 144 valence electrons. The molecule has 28 heavy (non-hydrogen) atoms. The van der Waals surface area contributed by atoms with E-state index in [-0.39, 0.29) is 17.3 Å². The summed E-state index contributed by atoms with van der Waals surface area (Å²) in [6, 6.07) is 8.22. The van der Waals surface area contributed by atoms with Crippen LogP contribution in [-0.4, -0.2) is 26.4 Å². The Hall–Kier alpha value is -2.99. The first-order valence-corrected chi connectivity index (χ1v) is 8.64. The highest BCUT2D eigenvalue weighted by molar-refractivity contribution is 7.80. The van der Waals surface area contributed by atoms with Crippen molar-refractivity contribution in [1.82, 2.24) is 9.88 Å². The summed E-state index contributed by atoms with van der Waals surface area (Å²) in [5, 5.41) is 9.05. The zero-order valence-electron chi connectivity index (χ0n) is 15.0. The van der Waals surface area contributed by atoms with Crippen molar-refractivity contribution >= 4 is 28.9 Å². The Kier molecular flexibility index (Phi) is 4.85. The predicted octanol–water partition coefficient (Wildman–Crippen LogP) is 3.88. The van der Waals surface area contributed by atoms with Crippen LogP contribution in [0.4, 0.5) is 18.9 Å². The molecule has 1 aliphatic rings. The van der Waals surface area contributed by atoms with Gasteiger partial charge in [0.15, 0.2) is 5.11 Å². The summed E-state index contributed by atoms with van der Waals surface area (Å²) in [5.74, 6) is -0.445. The highest BCUT2D eigenvalue weighted by atomic mass is 32.1. The number of hydrogen-bond donors (Lipinski definition) is 0. The molecule has 3 rings (SSSR count). The first-order valence-electron chi connectivity index (χ1n) is 8.24. The molecule has 0 aliphatic carbocycles. The summed E-state index contributed by atoms with van der Waals surface area (Å²) in [7, 11) is 0. The molecule has 1 amide bonds. The fraction of sp³-hybridized carbons (Fsp3) is 0.263. The highest BCUT2D eigenvalue weighted by Crippen LogP contribution is 2.38. The van der Waals surface area contributed by atoms with Crippen LogP contribution < -0.4 is 4.90 Å². The fourth-order valence-electron chi connectivity index (χ4n) is 3.01. The van der Waals surface area contributed by atoms with Crippen LogP contribution in [0, 0.1) is 11.3 Å². The van der Waals surface area contributed by atoms with E-state index in [0.29, 0.717) is 0 Å². The quantitative estimate of drug-likeness (QED) is 0.727. The smallest absolute Gasteiger partial charge is 0.330 e. The Labute approximate surface area is 165 Å². The third-order valence-electron chi connectivity index (χ3n) is 4.57. The summed E-state index contributed by atoms with van der Waals surface area (Å²) in [4.78, 5) is 19.7. The number of amides is 1. The van der Waals surface area contributed by atoms with Crippen molar-refractivity contribution in [2.24, 2.45) is 0 Å². The molecule has 2 heterocycles. The van der Waals surface area contributed by atoms with Crippen LogP contribution in [0.15, 0.2) is 42.7 Å². The molecule has 0 saturated carbocycles. The number of carbonyl (C=O) groups excluding carboxylic acids is 1. The minimum Gasteiger partial charge on any atom is -0.330 e. The molecule has 0 bridgehead atoms. The monoisotopic (exact) mass is 404 g/mol. The van der Waals surface area contributed by atoms with E-state index in [1.165, 1.54) is 12.1 Å². The Morgan fingerprint density at radius 2 is 2.00 bits per heavy atom. The molecule has 1 fully saturated rings. The van der Waals surface area contributed by atoms with Crippen LogP contribution in [0.5, 0.6) is 0 Å². The number of carbonyl (C=O) groups is 1. The molecule has 0 atom stereocenters. The Morgan fingerprint density at radius 3 is 2.57 bits per heavy atom. The maximum absolute atomic E-state index is 13.3. The van der Waals surface area contributed by atoms with Gasteiger partial charge in [0.05, 0.1) is 22.9 Å². The van der Waals surface area contributed by atoms with E-state index in [1.807, 2.05) is 6.07 Å². The van der Waals surface area contributed by atoms with Crippen LogP contribution in [0.25, 0.3) is 0 Å². The number of alkyl halides is 3. The van der Waals surface area contributed by atoms with Crippen LogP contribution in [-0.2, 0) is 17.5 Å². The standard InChI is InChI=1S/C19H15F3N4OS/c1-18(2)16(27)26(17(28)25(18)11-12-4-3-7-24-10-12)14-6-5-13(9-23)15(8-14)19(20,21)22/h3-8,10H,11H2,1-2H3. The first-order chi connectivity index (χ1) is 13.1. The minimum absolute atomic E-state index is 0.0249. The summed E-state index contributed by atoms with van der Waals surface area (Å²) in [6.45, 7) is 3.60. The van der Waals surface area contributed by atoms with Crippen molar-refractivity contribution in [2.75, 3.05) is 4.90 Å². The number of thiocarbonyl (C=S) groups is 1. The number of benzene rings is 1. The molecule has 1 saturated heterocycles. The molecule has 0 unspecified atom stereocenters. The fourth-order valence-corrected chi connectivity index (χ4v) is 3.49. The van der Waals surface area contributed by atoms with Gasteiger partial charge >= 0.3 is 6.18 Å². The van der Waals surface area contributed by atoms with Crippen LogP contribution >= 0.6 is 12.2 Å². The van der Waals surface area contributed by atoms with E-state index < -0.39 is 28.7 Å². The van der Waals surface area contributed by atoms with Crippen molar-refractivity contribution in [3.05, 3.63) is 59.4 Å². The van der Waals surface area contributed by atoms with Gasteiger partial charge in [0.25, 0.3) is 5.91 Å². The average molecular weight is 404 g/mol. The number of pyridine rings is 1. The lowest BCUT2D eigenvalue weighted by Crippen LogP contribution is -2.43. The highest BCUT2D eigenvalue weighted by Gasteiger charge is 2.49. The van der Waals surface area contributed by atoms with Crippen molar-refractivity contribution < 1.29 is 18.0 Å². The lowest BCUT2D eigenvalue weighted by molar-refractivity contribution is -0.137. The van der Waals surface area contributed by atoms with E-state index in [1.54, 1.807) is 37.2 Å². The molecular formula is C19H15F3N4OS. The van der Waals surface area contributed by atoms with Gasteiger partial charge in [0.2, 0.25) is 0 Å². The normalized spacial score (nSPS) is 16.4. The second kappa shape index (κ2) is 6.87. The van der Waals surface area contributed by atoms with Crippen molar-refractivity contribution in [3.63, 3.8) is 0 Å². The van der Waals surface area contributed by atoms with Crippen LogP contribution in [0.3, 0.4) is 0 Å². The second-order valence-corrected chi connectivity index (χ2v) is 7.13. The number of anilines is 1. The molecule has 2 aromatic rings. The van der Waals surface area contributed by atoms with Gasteiger partial charge in [0.1, 0.15) is 5.54 Å². The number of halogens is 3. The van der Waals surface area contributed by atoms with Gasteiger partial charge in [-0.3, -0.25) is 14.7 Å². The average Bonchev–Trinajstić information content (AvgIpc) is 2.81. The van der Waals surface area contributed by atoms with Crippen molar-refractivity contribution in [1.29, 1.82) is 5.26 Å². The molecule has 1 aromatic carbocycles. The lowest BCUT2D eigenvalue weighted by Gasteiger charge is -2.29. The van der Waals surface area contributed by atoms with Gasteiger partial charge in [-0.25, -0.2) is 0 Å². The van der Waals surface area contributed by atoms with Gasteiger partial charge in [0, 0.05) is 18.9 Å². The molecule has 0 radical (unpaired) electrons. The predicted molar refractivity (Wildman–Crippen MR) is 100 cm³/mol. The van der Waals surface area contributed by atoms with E-state index in [9.17, 15) is 18.0 Å². The summed E-state index contributed by atoms with van der Waals surface area (Å²) in [6.07, 6.45) is -1.48. The summed E-state index contributed by atoms with van der Waals surface area (Å²) < 4.78 is 39.9. The molecule has 5 nitrogen and oxygen atoms in total. The van der Waals surface area contributed by atoms with Crippen LogP contribution in [0.1, 0.15) is 30.5 Å². The number of nitriles is 1. The van der Waals surface area contributed by atoms with Crippen LogP contribution in [0.2, 0.25) is 0 Å². The Balaban J connectivity index is 2.03. The third kappa shape index (κ3) is 3.31. The Morgan fingerprint density at radius 1 is 1.29 bits per heavy atom. The van der Waals surface area contributed by atoms with Gasteiger partial charge < -0.3 is 4.90 Å². The van der Waals surface area contributed by atoms with Gasteiger partial charge in [-0.2, -0.15) is 18.4 Å². The van der Waals surface area contributed by atoms with Gasteiger partial charge in [-0.15, -0.1) is 0 Å².